The third-order valence-corrected chi connectivity index (χ3v) is 4.60. The zero-order chi connectivity index (χ0) is 18.6. The van der Waals surface area contributed by atoms with Gasteiger partial charge in [0.1, 0.15) is 11.4 Å². The molecule has 5 nitrogen and oxygen atoms in total. The minimum Gasteiger partial charge on any atom is -0.496 e. The molecule has 27 heavy (non-hydrogen) atoms. The molecule has 0 atom stereocenters. The highest BCUT2D eigenvalue weighted by Crippen LogP contribution is 2.21. The van der Waals surface area contributed by atoms with Gasteiger partial charge in [-0.2, -0.15) is 0 Å². The molecule has 0 aliphatic rings. The van der Waals surface area contributed by atoms with Gasteiger partial charge in [0.05, 0.1) is 12.8 Å². The van der Waals surface area contributed by atoms with Gasteiger partial charge in [-0.1, -0.05) is 24.3 Å². The summed E-state index contributed by atoms with van der Waals surface area (Å²) in [4.78, 5) is 21.4. The molecule has 0 saturated carbocycles. The van der Waals surface area contributed by atoms with Crippen LogP contribution in [0.5, 0.6) is 5.75 Å². The van der Waals surface area contributed by atoms with Crippen LogP contribution in [0, 0.1) is 0 Å². The van der Waals surface area contributed by atoms with E-state index in [0.29, 0.717) is 11.3 Å². The highest BCUT2D eigenvalue weighted by Gasteiger charge is 2.10. The molecule has 0 N–H and O–H groups in total. The van der Waals surface area contributed by atoms with E-state index in [0.717, 1.165) is 35.3 Å². The van der Waals surface area contributed by atoms with Crippen molar-refractivity contribution in [1.82, 2.24) is 14.4 Å². The smallest absolute Gasteiger partial charge is 0.258 e. The highest BCUT2D eigenvalue weighted by atomic mass is 16.5. The van der Waals surface area contributed by atoms with Crippen molar-refractivity contribution in [3.63, 3.8) is 0 Å². The van der Waals surface area contributed by atoms with Crippen molar-refractivity contribution in [3.8, 4) is 17.0 Å². The highest BCUT2D eigenvalue weighted by molar-refractivity contribution is 5.62. The van der Waals surface area contributed by atoms with Crippen LogP contribution in [0.1, 0.15) is 11.1 Å². The maximum Gasteiger partial charge on any atom is 0.258 e. The van der Waals surface area contributed by atoms with Gasteiger partial charge in [0.2, 0.25) is 0 Å². The number of benzene rings is 1. The molecular formula is C22H19N3O2. The Bertz CT molecular complexity index is 1140. The van der Waals surface area contributed by atoms with Crippen LogP contribution in [0.3, 0.4) is 0 Å². The number of nitrogens with zero attached hydrogens (tertiary/aromatic N) is 3. The van der Waals surface area contributed by atoms with E-state index in [1.54, 1.807) is 36.2 Å². The molecule has 0 aliphatic heterocycles. The first kappa shape index (κ1) is 17.0. The summed E-state index contributed by atoms with van der Waals surface area (Å²) in [5, 5.41) is 0. The topological polar surface area (TPSA) is 56.5 Å². The van der Waals surface area contributed by atoms with E-state index in [1.807, 2.05) is 42.5 Å². The van der Waals surface area contributed by atoms with Gasteiger partial charge in [0.25, 0.3) is 5.56 Å². The Kier molecular flexibility index (Phi) is 4.66. The van der Waals surface area contributed by atoms with Crippen LogP contribution in [0.15, 0.2) is 78.0 Å². The summed E-state index contributed by atoms with van der Waals surface area (Å²) in [7, 11) is 1.68. The molecular weight excluding hydrogens is 338 g/mol. The number of aryl methyl sites for hydroxylation is 2. The van der Waals surface area contributed by atoms with Gasteiger partial charge in [-0.15, -0.1) is 0 Å². The van der Waals surface area contributed by atoms with E-state index in [-0.39, 0.29) is 5.56 Å². The zero-order valence-electron chi connectivity index (χ0n) is 15.0. The molecule has 3 heterocycles. The van der Waals surface area contributed by atoms with Crippen LogP contribution in [0.25, 0.3) is 16.9 Å². The molecule has 0 radical (unpaired) electrons. The summed E-state index contributed by atoms with van der Waals surface area (Å²) in [5.74, 6) is 0.875. The molecule has 0 aliphatic carbocycles. The summed E-state index contributed by atoms with van der Waals surface area (Å²) in [6.45, 7) is 0. The van der Waals surface area contributed by atoms with Crippen molar-refractivity contribution in [1.29, 1.82) is 0 Å². The number of hydrogen-bond acceptors (Lipinski definition) is 4. The van der Waals surface area contributed by atoms with Gasteiger partial charge in [-0.3, -0.25) is 14.2 Å². The third kappa shape index (κ3) is 3.44. The van der Waals surface area contributed by atoms with Crippen molar-refractivity contribution in [2.75, 3.05) is 7.11 Å². The molecule has 134 valence electrons. The minimum atomic E-state index is -0.0917. The van der Waals surface area contributed by atoms with Crippen molar-refractivity contribution >= 4 is 5.65 Å². The average Bonchev–Trinajstić information content (AvgIpc) is 2.73. The van der Waals surface area contributed by atoms with Crippen molar-refractivity contribution in [2.45, 2.75) is 12.8 Å². The SMILES string of the molecule is COc1ccccc1CCc1cccn2c(=O)cc(-c3ccncc3)nc12. The lowest BCUT2D eigenvalue weighted by Crippen LogP contribution is -2.15. The second-order valence-electron chi connectivity index (χ2n) is 6.25. The Morgan fingerprint density at radius 1 is 0.963 bits per heavy atom. The Morgan fingerprint density at radius 2 is 1.70 bits per heavy atom. The monoisotopic (exact) mass is 357 g/mol. The fraction of sp³-hybridized carbons (Fsp3) is 0.136. The first-order valence-electron chi connectivity index (χ1n) is 8.80. The van der Waals surface area contributed by atoms with E-state index in [9.17, 15) is 4.79 Å². The second kappa shape index (κ2) is 7.41. The molecule has 0 bridgehead atoms. The van der Waals surface area contributed by atoms with Gasteiger partial charge in [0.15, 0.2) is 0 Å². The molecule has 4 aromatic rings. The number of hydrogen-bond donors (Lipinski definition) is 0. The molecule has 0 saturated heterocycles. The van der Waals surface area contributed by atoms with Crippen LogP contribution in [-0.4, -0.2) is 21.5 Å². The lowest BCUT2D eigenvalue weighted by molar-refractivity contribution is 0.409. The molecule has 0 spiro atoms. The second-order valence-corrected chi connectivity index (χ2v) is 6.25. The van der Waals surface area contributed by atoms with Crippen molar-refractivity contribution in [3.05, 3.63) is 94.7 Å². The molecule has 0 amide bonds. The predicted molar refractivity (Wildman–Crippen MR) is 105 cm³/mol. The third-order valence-electron chi connectivity index (χ3n) is 4.60. The number of ether oxygens (including phenoxy) is 1. The number of para-hydroxylation sites is 1. The maximum atomic E-state index is 12.6. The fourth-order valence-electron chi connectivity index (χ4n) is 3.23. The summed E-state index contributed by atoms with van der Waals surface area (Å²) in [5.41, 5.74) is 4.29. The predicted octanol–water partition coefficient (Wildman–Crippen LogP) is 3.55. The normalized spacial score (nSPS) is 10.9. The Labute approximate surface area is 156 Å². The first-order chi connectivity index (χ1) is 13.3. The number of aromatic nitrogens is 3. The number of pyridine rings is 2. The maximum absolute atomic E-state index is 12.6. The van der Waals surface area contributed by atoms with Gasteiger partial charge in [-0.05, 0) is 48.2 Å². The summed E-state index contributed by atoms with van der Waals surface area (Å²) in [6.07, 6.45) is 6.72. The van der Waals surface area contributed by atoms with Gasteiger partial charge in [-0.25, -0.2) is 4.98 Å². The molecule has 4 rings (SSSR count). The van der Waals surface area contributed by atoms with E-state index in [1.165, 1.54) is 0 Å². The van der Waals surface area contributed by atoms with Crippen LogP contribution in [0.4, 0.5) is 0 Å². The Balaban J connectivity index is 1.75. The largest absolute Gasteiger partial charge is 0.496 e. The molecule has 1 aromatic carbocycles. The Morgan fingerprint density at radius 3 is 2.52 bits per heavy atom. The lowest BCUT2D eigenvalue weighted by Gasteiger charge is -2.11. The fourth-order valence-corrected chi connectivity index (χ4v) is 3.23. The minimum absolute atomic E-state index is 0.0917. The summed E-state index contributed by atoms with van der Waals surface area (Å²) >= 11 is 0. The van der Waals surface area contributed by atoms with Crippen LogP contribution < -0.4 is 10.3 Å². The van der Waals surface area contributed by atoms with E-state index < -0.39 is 0 Å². The first-order valence-corrected chi connectivity index (χ1v) is 8.80. The number of methoxy groups -OCH3 is 1. The Hall–Kier alpha value is -3.47. The van der Waals surface area contributed by atoms with Crippen molar-refractivity contribution < 1.29 is 4.74 Å². The summed E-state index contributed by atoms with van der Waals surface area (Å²) < 4.78 is 7.04. The lowest BCUT2D eigenvalue weighted by atomic mass is 10.0. The van der Waals surface area contributed by atoms with Crippen LogP contribution >= 0.6 is 0 Å². The summed E-state index contributed by atoms with van der Waals surface area (Å²) in [6, 6.07) is 17.2. The van der Waals surface area contributed by atoms with E-state index >= 15 is 0 Å². The number of fused-ring (bicyclic) bond motifs is 1. The van der Waals surface area contributed by atoms with Gasteiger partial charge in [0, 0.05) is 30.2 Å². The van der Waals surface area contributed by atoms with Crippen molar-refractivity contribution in [2.24, 2.45) is 0 Å². The van der Waals surface area contributed by atoms with E-state index in [4.69, 9.17) is 9.72 Å². The average molecular weight is 357 g/mol. The molecule has 0 unspecified atom stereocenters. The van der Waals surface area contributed by atoms with Gasteiger partial charge < -0.3 is 4.74 Å². The quantitative estimate of drug-likeness (QED) is 0.548. The molecule has 3 aromatic heterocycles. The zero-order valence-corrected chi connectivity index (χ0v) is 15.0. The van der Waals surface area contributed by atoms with Gasteiger partial charge >= 0.3 is 0 Å². The van der Waals surface area contributed by atoms with Crippen LogP contribution in [-0.2, 0) is 12.8 Å². The standard InChI is InChI=1S/C22H19N3O2/c1-27-20-7-3-2-5-17(20)8-9-18-6-4-14-25-21(26)15-19(24-22(18)25)16-10-12-23-13-11-16/h2-7,10-15H,8-9H2,1H3. The molecule has 5 heteroatoms. The van der Waals surface area contributed by atoms with E-state index in [2.05, 4.69) is 11.1 Å². The molecule has 0 fully saturated rings. The van der Waals surface area contributed by atoms with Crippen LogP contribution in [0.2, 0.25) is 0 Å². The number of rotatable bonds is 5.